The highest BCUT2D eigenvalue weighted by Gasteiger charge is 2.35. The summed E-state index contributed by atoms with van der Waals surface area (Å²) < 4.78 is 15.7. The summed E-state index contributed by atoms with van der Waals surface area (Å²) in [6.45, 7) is 0.532. The van der Waals surface area contributed by atoms with Gasteiger partial charge in [-0.1, -0.05) is 0 Å². The molecule has 2 aromatic rings. The molecule has 1 aliphatic rings. The number of carbonyl (C=O) groups excluding carboxylic acids is 2. The van der Waals surface area contributed by atoms with Gasteiger partial charge in [-0.15, -0.1) is 0 Å². The summed E-state index contributed by atoms with van der Waals surface area (Å²) in [5.41, 5.74) is 0.107. The zero-order valence-corrected chi connectivity index (χ0v) is 15.4. The number of aromatic carboxylic acids is 1. The van der Waals surface area contributed by atoms with E-state index in [-0.39, 0.29) is 41.6 Å². The number of anilines is 1. The lowest BCUT2D eigenvalue weighted by molar-refractivity contribution is -0.128. The van der Waals surface area contributed by atoms with Gasteiger partial charge in [0.2, 0.25) is 11.8 Å². The first-order chi connectivity index (χ1) is 13.4. The van der Waals surface area contributed by atoms with Crippen molar-refractivity contribution in [3.63, 3.8) is 0 Å². The predicted octanol–water partition coefficient (Wildman–Crippen LogP) is 1.98. The summed E-state index contributed by atoms with van der Waals surface area (Å²) in [5, 5.41) is 11.9. The molecule has 1 unspecified atom stereocenters. The van der Waals surface area contributed by atoms with Crippen molar-refractivity contribution < 1.29 is 33.4 Å². The van der Waals surface area contributed by atoms with Gasteiger partial charge in [-0.3, -0.25) is 9.59 Å². The maximum absolute atomic E-state index is 12.7. The lowest BCUT2D eigenvalue weighted by atomic mass is 10.1. The number of hydrogen-bond acceptors (Lipinski definition) is 6. The van der Waals surface area contributed by atoms with Crippen LogP contribution in [0.25, 0.3) is 0 Å². The van der Waals surface area contributed by atoms with E-state index in [1.54, 1.807) is 17.0 Å². The van der Waals surface area contributed by atoms with Crippen LogP contribution in [0.5, 0.6) is 11.5 Å². The molecule has 2 heterocycles. The van der Waals surface area contributed by atoms with Crippen molar-refractivity contribution in [2.75, 3.05) is 26.1 Å². The van der Waals surface area contributed by atoms with Gasteiger partial charge < -0.3 is 29.2 Å². The van der Waals surface area contributed by atoms with E-state index < -0.39 is 17.8 Å². The average Bonchev–Trinajstić information content (AvgIpc) is 3.31. The first-order valence-electron chi connectivity index (χ1n) is 8.53. The quantitative estimate of drug-likeness (QED) is 0.744. The number of hydrogen-bond donors (Lipinski definition) is 2. The van der Waals surface area contributed by atoms with Crippen LogP contribution in [0.3, 0.4) is 0 Å². The molecule has 148 valence electrons. The standard InChI is InChI=1S/C19H20N2O7/c1-26-15-7-11(19(24)25)6-14(17(15)27-2)20-18(23)12-8-16(22)21(9-12)10-13-4-3-5-28-13/h3-7,12H,8-10H2,1-2H3,(H,20,23)(H,24,25). The van der Waals surface area contributed by atoms with Crippen LogP contribution < -0.4 is 14.8 Å². The Morgan fingerprint density at radius 2 is 2.11 bits per heavy atom. The number of nitrogens with zero attached hydrogens (tertiary/aromatic N) is 1. The molecule has 2 amide bonds. The first kappa shape index (κ1) is 19.3. The topological polar surface area (TPSA) is 118 Å². The Labute approximate surface area is 160 Å². The molecule has 3 rings (SSSR count). The fourth-order valence-electron chi connectivity index (χ4n) is 3.11. The predicted molar refractivity (Wildman–Crippen MR) is 97.4 cm³/mol. The van der Waals surface area contributed by atoms with Crippen molar-refractivity contribution in [1.29, 1.82) is 0 Å². The number of ether oxygens (including phenoxy) is 2. The molecular weight excluding hydrogens is 368 g/mol. The van der Waals surface area contributed by atoms with Crippen LogP contribution >= 0.6 is 0 Å². The normalized spacial score (nSPS) is 16.1. The third-order valence-electron chi connectivity index (χ3n) is 4.50. The summed E-state index contributed by atoms with van der Waals surface area (Å²) in [6, 6.07) is 6.09. The number of furan rings is 1. The summed E-state index contributed by atoms with van der Waals surface area (Å²) in [4.78, 5) is 37.8. The van der Waals surface area contributed by atoms with E-state index in [0.717, 1.165) is 0 Å². The molecule has 9 heteroatoms. The fourth-order valence-corrected chi connectivity index (χ4v) is 3.11. The fraction of sp³-hybridized carbons (Fsp3) is 0.316. The van der Waals surface area contributed by atoms with E-state index in [1.807, 2.05) is 0 Å². The largest absolute Gasteiger partial charge is 0.493 e. The summed E-state index contributed by atoms with van der Waals surface area (Å²) >= 11 is 0. The van der Waals surface area contributed by atoms with Crippen molar-refractivity contribution in [3.8, 4) is 11.5 Å². The van der Waals surface area contributed by atoms with Gasteiger partial charge >= 0.3 is 5.97 Å². The second-order valence-electron chi connectivity index (χ2n) is 6.31. The van der Waals surface area contributed by atoms with Crippen LogP contribution in [-0.2, 0) is 16.1 Å². The molecule has 28 heavy (non-hydrogen) atoms. The summed E-state index contributed by atoms with van der Waals surface area (Å²) in [6.07, 6.45) is 1.58. The maximum atomic E-state index is 12.7. The third kappa shape index (κ3) is 3.93. The Morgan fingerprint density at radius 1 is 1.32 bits per heavy atom. The molecule has 1 atom stereocenters. The average molecular weight is 388 g/mol. The number of amides is 2. The molecule has 1 fully saturated rings. The van der Waals surface area contributed by atoms with Gasteiger partial charge in [-0.05, 0) is 24.3 Å². The van der Waals surface area contributed by atoms with Gasteiger partial charge in [0.25, 0.3) is 0 Å². The van der Waals surface area contributed by atoms with E-state index in [4.69, 9.17) is 13.9 Å². The van der Waals surface area contributed by atoms with Crippen molar-refractivity contribution in [2.24, 2.45) is 5.92 Å². The molecule has 1 saturated heterocycles. The minimum Gasteiger partial charge on any atom is -0.493 e. The van der Waals surface area contributed by atoms with Gasteiger partial charge in [0.1, 0.15) is 5.76 Å². The molecule has 1 aliphatic heterocycles. The zero-order chi connectivity index (χ0) is 20.3. The number of methoxy groups -OCH3 is 2. The molecule has 0 radical (unpaired) electrons. The Balaban J connectivity index is 1.76. The van der Waals surface area contributed by atoms with E-state index in [0.29, 0.717) is 12.3 Å². The van der Waals surface area contributed by atoms with Gasteiger partial charge in [0.15, 0.2) is 11.5 Å². The van der Waals surface area contributed by atoms with Crippen molar-refractivity contribution in [2.45, 2.75) is 13.0 Å². The number of likely N-dealkylation sites (tertiary alicyclic amines) is 1. The van der Waals surface area contributed by atoms with Crippen molar-refractivity contribution in [3.05, 3.63) is 41.9 Å². The van der Waals surface area contributed by atoms with E-state index >= 15 is 0 Å². The van der Waals surface area contributed by atoms with Crippen LogP contribution in [-0.4, -0.2) is 48.6 Å². The third-order valence-corrected chi connectivity index (χ3v) is 4.50. The maximum Gasteiger partial charge on any atom is 0.335 e. The molecule has 0 saturated carbocycles. The molecule has 0 aliphatic carbocycles. The first-order valence-corrected chi connectivity index (χ1v) is 8.53. The minimum absolute atomic E-state index is 0.0601. The molecule has 0 bridgehead atoms. The minimum atomic E-state index is -1.17. The highest BCUT2D eigenvalue weighted by molar-refractivity contribution is 6.00. The Bertz CT molecular complexity index is 892. The lowest BCUT2D eigenvalue weighted by Crippen LogP contribution is -2.28. The zero-order valence-electron chi connectivity index (χ0n) is 15.4. The van der Waals surface area contributed by atoms with Crippen molar-refractivity contribution in [1.82, 2.24) is 4.90 Å². The molecule has 1 aromatic carbocycles. The van der Waals surface area contributed by atoms with E-state index in [1.165, 1.54) is 32.6 Å². The van der Waals surface area contributed by atoms with E-state index in [2.05, 4.69) is 5.32 Å². The number of carboxylic acid groups (broad SMARTS) is 1. The summed E-state index contributed by atoms with van der Waals surface area (Å²) in [5.74, 6) is -1.28. The Morgan fingerprint density at radius 3 is 2.71 bits per heavy atom. The Kier molecular flexibility index (Phi) is 5.53. The SMILES string of the molecule is COc1cc(C(=O)O)cc(NC(=O)C2CC(=O)N(Cc3ccco3)C2)c1OC. The molecule has 0 spiro atoms. The number of carbonyl (C=O) groups is 3. The molecular formula is C19H20N2O7. The molecule has 9 nitrogen and oxygen atoms in total. The number of nitrogens with one attached hydrogen (secondary N) is 1. The number of benzene rings is 1. The van der Waals surface area contributed by atoms with Crippen LogP contribution in [0.1, 0.15) is 22.5 Å². The lowest BCUT2D eigenvalue weighted by Gasteiger charge is -2.17. The monoisotopic (exact) mass is 388 g/mol. The smallest absolute Gasteiger partial charge is 0.335 e. The number of rotatable bonds is 7. The molecule has 1 aromatic heterocycles. The Hall–Kier alpha value is -3.49. The van der Waals surface area contributed by atoms with Crippen LogP contribution in [0, 0.1) is 5.92 Å². The van der Waals surface area contributed by atoms with Crippen LogP contribution in [0.2, 0.25) is 0 Å². The second kappa shape index (κ2) is 8.03. The van der Waals surface area contributed by atoms with Gasteiger partial charge in [-0.25, -0.2) is 4.79 Å². The highest BCUT2D eigenvalue weighted by Crippen LogP contribution is 2.37. The highest BCUT2D eigenvalue weighted by atomic mass is 16.5. The van der Waals surface area contributed by atoms with Gasteiger partial charge in [0, 0.05) is 13.0 Å². The summed E-state index contributed by atoms with van der Waals surface area (Å²) in [7, 11) is 2.76. The second-order valence-corrected chi connectivity index (χ2v) is 6.31. The van der Waals surface area contributed by atoms with Crippen LogP contribution in [0.15, 0.2) is 34.9 Å². The van der Waals surface area contributed by atoms with Gasteiger partial charge in [-0.2, -0.15) is 0 Å². The molecule has 2 N–H and O–H groups in total. The van der Waals surface area contributed by atoms with Gasteiger partial charge in [0.05, 0.1) is 44.2 Å². The van der Waals surface area contributed by atoms with E-state index in [9.17, 15) is 19.5 Å². The number of carboxylic acids is 1. The van der Waals surface area contributed by atoms with Crippen LogP contribution in [0.4, 0.5) is 5.69 Å². The van der Waals surface area contributed by atoms with Crippen molar-refractivity contribution >= 4 is 23.5 Å².